The number of amides is 1. The zero-order chi connectivity index (χ0) is 21.1. The monoisotopic (exact) mass is 406 g/mol. The topological polar surface area (TPSA) is 43.8 Å². The summed E-state index contributed by atoms with van der Waals surface area (Å²) in [7, 11) is 0. The average Bonchev–Trinajstić information content (AvgIpc) is 3.04. The Bertz CT molecular complexity index is 891. The summed E-state index contributed by atoms with van der Waals surface area (Å²) in [6.07, 6.45) is 5.47. The van der Waals surface area contributed by atoms with Gasteiger partial charge in [-0.05, 0) is 79.0 Å². The van der Waals surface area contributed by atoms with Crippen molar-refractivity contribution in [2.45, 2.75) is 58.6 Å². The van der Waals surface area contributed by atoms with Crippen LogP contribution in [0.3, 0.4) is 0 Å². The first-order valence-electron chi connectivity index (χ1n) is 11.4. The van der Waals surface area contributed by atoms with E-state index in [4.69, 9.17) is 0 Å². The van der Waals surface area contributed by atoms with E-state index in [0.29, 0.717) is 0 Å². The Morgan fingerprint density at radius 2 is 1.77 bits per heavy atom. The van der Waals surface area contributed by atoms with E-state index in [2.05, 4.69) is 48.2 Å². The molecule has 1 fully saturated rings. The largest absolute Gasteiger partial charge is 0.392 e. The molecule has 0 unspecified atom stereocenters. The van der Waals surface area contributed by atoms with Crippen LogP contribution < -0.4 is 0 Å². The summed E-state index contributed by atoms with van der Waals surface area (Å²) in [5.41, 5.74) is 7.19. The van der Waals surface area contributed by atoms with Gasteiger partial charge in [-0.25, -0.2) is 0 Å². The fourth-order valence-corrected chi connectivity index (χ4v) is 4.99. The minimum Gasteiger partial charge on any atom is -0.392 e. The van der Waals surface area contributed by atoms with Crippen LogP contribution in [0.15, 0.2) is 36.4 Å². The highest BCUT2D eigenvalue weighted by atomic mass is 16.3. The predicted molar refractivity (Wildman–Crippen MR) is 121 cm³/mol. The third-order valence-corrected chi connectivity index (χ3v) is 6.99. The molecule has 1 N–H and O–H groups in total. The zero-order valence-electron chi connectivity index (χ0n) is 18.4. The molecule has 30 heavy (non-hydrogen) atoms. The summed E-state index contributed by atoms with van der Waals surface area (Å²) in [6.45, 7) is 7.91. The molecule has 0 saturated carbocycles. The SMILES string of the molecule is CC(=O)N1CCc2cc(CO)c(-c3ccc(CCN4CCC[C@H]4C)cc3)cc2CC1. The molecule has 0 bridgehead atoms. The molecule has 0 radical (unpaired) electrons. The van der Waals surface area contributed by atoms with Crippen molar-refractivity contribution in [1.29, 1.82) is 0 Å². The molecule has 2 heterocycles. The van der Waals surface area contributed by atoms with Crippen molar-refractivity contribution < 1.29 is 9.90 Å². The number of rotatable bonds is 5. The molecule has 4 heteroatoms. The van der Waals surface area contributed by atoms with Gasteiger partial charge in [0, 0.05) is 32.6 Å². The predicted octanol–water partition coefficient (Wildman–Crippen LogP) is 3.82. The lowest BCUT2D eigenvalue weighted by molar-refractivity contribution is -0.128. The highest BCUT2D eigenvalue weighted by Crippen LogP contribution is 2.30. The molecule has 2 aliphatic heterocycles. The van der Waals surface area contributed by atoms with Crippen molar-refractivity contribution in [2.75, 3.05) is 26.2 Å². The maximum absolute atomic E-state index is 11.8. The molecule has 2 aromatic rings. The molecule has 1 saturated heterocycles. The molecular formula is C26H34N2O2. The molecule has 2 aromatic carbocycles. The summed E-state index contributed by atoms with van der Waals surface area (Å²) < 4.78 is 0. The lowest BCUT2D eigenvalue weighted by Crippen LogP contribution is -2.30. The highest BCUT2D eigenvalue weighted by molar-refractivity contribution is 5.74. The Morgan fingerprint density at radius 3 is 2.37 bits per heavy atom. The molecule has 1 atom stereocenters. The normalized spacial score (nSPS) is 19.6. The minimum atomic E-state index is 0.0354. The van der Waals surface area contributed by atoms with Gasteiger partial charge in [0.1, 0.15) is 0 Å². The third-order valence-electron chi connectivity index (χ3n) is 6.99. The number of carbonyl (C=O) groups excluding carboxylic acids is 1. The number of likely N-dealkylation sites (tertiary alicyclic amines) is 1. The summed E-state index contributed by atoms with van der Waals surface area (Å²) in [5, 5.41) is 10.0. The maximum atomic E-state index is 11.8. The third kappa shape index (κ3) is 4.60. The summed E-state index contributed by atoms with van der Waals surface area (Å²) in [4.78, 5) is 16.3. The van der Waals surface area contributed by atoms with Crippen LogP contribution in [0.2, 0.25) is 0 Å². The second kappa shape index (κ2) is 9.32. The van der Waals surface area contributed by atoms with Crippen LogP contribution >= 0.6 is 0 Å². The number of benzene rings is 2. The Morgan fingerprint density at radius 1 is 1.07 bits per heavy atom. The number of aliphatic hydroxyl groups excluding tert-OH is 1. The van der Waals surface area contributed by atoms with Crippen molar-refractivity contribution >= 4 is 5.91 Å². The Labute approximate surface area is 180 Å². The zero-order valence-corrected chi connectivity index (χ0v) is 18.4. The minimum absolute atomic E-state index is 0.0354. The number of nitrogens with zero attached hydrogens (tertiary/aromatic N) is 2. The van der Waals surface area contributed by atoms with Crippen molar-refractivity contribution in [3.63, 3.8) is 0 Å². The van der Waals surface area contributed by atoms with Gasteiger partial charge in [-0.15, -0.1) is 0 Å². The second-order valence-electron chi connectivity index (χ2n) is 8.92. The second-order valence-corrected chi connectivity index (χ2v) is 8.92. The van der Waals surface area contributed by atoms with Gasteiger partial charge in [0.25, 0.3) is 0 Å². The smallest absolute Gasteiger partial charge is 0.219 e. The quantitative estimate of drug-likeness (QED) is 0.821. The lowest BCUT2D eigenvalue weighted by atomic mass is 9.91. The Balaban J connectivity index is 1.51. The van der Waals surface area contributed by atoms with Crippen molar-refractivity contribution in [1.82, 2.24) is 9.80 Å². The highest BCUT2D eigenvalue weighted by Gasteiger charge is 2.20. The molecule has 4 nitrogen and oxygen atoms in total. The number of hydrogen-bond acceptors (Lipinski definition) is 3. The molecular weight excluding hydrogens is 372 g/mol. The van der Waals surface area contributed by atoms with E-state index in [0.717, 1.165) is 61.6 Å². The number of aliphatic hydroxyl groups is 1. The van der Waals surface area contributed by atoms with Crippen LogP contribution in [0.25, 0.3) is 11.1 Å². The molecule has 0 aromatic heterocycles. The lowest BCUT2D eigenvalue weighted by Gasteiger charge is -2.20. The van der Waals surface area contributed by atoms with E-state index in [9.17, 15) is 9.90 Å². The van der Waals surface area contributed by atoms with Crippen LogP contribution in [-0.4, -0.2) is 53.0 Å². The summed E-state index contributed by atoms with van der Waals surface area (Å²) in [5.74, 6) is 0.143. The van der Waals surface area contributed by atoms with Gasteiger partial charge >= 0.3 is 0 Å². The van der Waals surface area contributed by atoms with E-state index < -0.39 is 0 Å². The number of fused-ring (bicyclic) bond motifs is 1. The molecule has 1 amide bonds. The molecule has 2 aliphatic rings. The van der Waals surface area contributed by atoms with Gasteiger partial charge in [-0.2, -0.15) is 0 Å². The van der Waals surface area contributed by atoms with Crippen LogP contribution in [0, 0.1) is 0 Å². The van der Waals surface area contributed by atoms with Crippen LogP contribution in [0.4, 0.5) is 0 Å². The Hall–Kier alpha value is -2.17. The fourth-order valence-electron chi connectivity index (χ4n) is 4.99. The van der Waals surface area contributed by atoms with Crippen molar-refractivity contribution in [2.24, 2.45) is 0 Å². The van der Waals surface area contributed by atoms with Crippen molar-refractivity contribution in [3.8, 4) is 11.1 Å². The van der Waals surface area contributed by atoms with E-state index in [1.807, 2.05) is 4.90 Å². The van der Waals surface area contributed by atoms with Gasteiger partial charge in [0.15, 0.2) is 0 Å². The standard InChI is InChI=1S/C26H34N2O2/c1-19-4-3-12-27(19)13-9-21-5-7-22(8-6-21)26-17-24-11-15-28(20(2)30)14-10-23(24)16-25(26)18-29/h5-8,16-17,19,29H,3-4,9-15,18H2,1-2H3/t19-/m1/s1. The molecule has 160 valence electrons. The number of carbonyl (C=O) groups is 1. The van der Waals surface area contributed by atoms with E-state index >= 15 is 0 Å². The first kappa shape index (κ1) is 21.1. The van der Waals surface area contributed by atoms with E-state index in [1.165, 1.54) is 36.1 Å². The van der Waals surface area contributed by atoms with E-state index in [-0.39, 0.29) is 12.5 Å². The van der Waals surface area contributed by atoms with Gasteiger partial charge in [-0.1, -0.05) is 36.4 Å². The molecule has 4 rings (SSSR count). The van der Waals surface area contributed by atoms with Crippen LogP contribution in [0.1, 0.15) is 48.9 Å². The van der Waals surface area contributed by atoms with E-state index in [1.54, 1.807) is 6.92 Å². The fraction of sp³-hybridized carbons (Fsp3) is 0.500. The number of hydrogen-bond donors (Lipinski definition) is 1. The Kier molecular flexibility index (Phi) is 6.55. The van der Waals surface area contributed by atoms with Crippen molar-refractivity contribution in [3.05, 3.63) is 58.7 Å². The van der Waals surface area contributed by atoms with Gasteiger partial charge in [0.05, 0.1) is 6.61 Å². The molecule has 0 spiro atoms. The molecule has 0 aliphatic carbocycles. The van der Waals surface area contributed by atoms with Gasteiger partial charge in [-0.3, -0.25) is 4.79 Å². The van der Waals surface area contributed by atoms with Crippen LogP contribution in [0.5, 0.6) is 0 Å². The first-order chi connectivity index (χ1) is 14.5. The van der Waals surface area contributed by atoms with Gasteiger partial charge < -0.3 is 14.9 Å². The first-order valence-corrected chi connectivity index (χ1v) is 11.4. The van der Waals surface area contributed by atoms with Gasteiger partial charge in [0.2, 0.25) is 5.91 Å². The summed E-state index contributed by atoms with van der Waals surface area (Å²) >= 11 is 0. The van der Waals surface area contributed by atoms with Crippen LogP contribution in [-0.2, 0) is 30.7 Å². The average molecular weight is 407 g/mol. The summed E-state index contributed by atoms with van der Waals surface area (Å²) in [6, 6.07) is 14.0. The maximum Gasteiger partial charge on any atom is 0.219 e.